The summed E-state index contributed by atoms with van der Waals surface area (Å²) in [7, 11) is 1.35. The highest BCUT2D eigenvalue weighted by molar-refractivity contribution is 7.12. The number of carbonyl (C=O) groups is 4. The molecule has 0 atom stereocenters. The predicted octanol–water partition coefficient (Wildman–Crippen LogP) is 1.61. The zero-order chi connectivity index (χ0) is 18.2. The summed E-state index contributed by atoms with van der Waals surface area (Å²) >= 11 is 1.32. The Morgan fingerprint density at radius 3 is 2.40 bits per heavy atom. The summed E-state index contributed by atoms with van der Waals surface area (Å²) < 4.78 is 4.80. The summed E-state index contributed by atoms with van der Waals surface area (Å²) in [4.78, 5) is 46.6. The molecule has 1 aromatic heterocycles. The number of thiophene rings is 1. The molecule has 3 N–H and O–H groups in total. The van der Waals surface area contributed by atoms with Crippen molar-refractivity contribution >= 4 is 40.8 Å². The summed E-state index contributed by atoms with van der Waals surface area (Å²) in [5.41, 5.74) is 0.731. The third-order valence-corrected chi connectivity index (χ3v) is 3.81. The number of imide groups is 1. The molecule has 1 aromatic carbocycles. The number of amides is 4. The highest BCUT2D eigenvalue weighted by Crippen LogP contribution is 2.14. The van der Waals surface area contributed by atoms with Crippen molar-refractivity contribution in [3.05, 3.63) is 52.2 Å². The first-order chi connectivity index (χ1) is 12.0. The minimum Gasteiger partial charge on any atom is -0.452 e. The predicted molar refractivity (Wildman–Crippen MR) is 91.6 cm³/mol. The number of ether oxygens (including phenoxy) is 1. The molecule has 0 saturated carbocycles. The van der Waals surface area contributed by atoms with Crippen LogP contribution in [0.4, 0.5) is 10.5 Å². The molecule has 0 aliphatic carbocycles. The lowest BCUT2D eigenvalue weighted by Gasteiger charge is -2.07. The molecule has 2 rings (SSSR count). The van der Waals surface area contributed by atoms with E-state index in [0.29, 0.717) is 10.6 Å². The number of carbonyl (C=O) groups excluding carboxylic acids is 4. The molecular formula is C16H15N3O5S. The maximum atomic E-state index is 11.9. The van der Waals surface area contributed by atoms with E-state index in [4.69, 9.17) is 4.74 Å². The van der Waals surface area contributed by atoms with E-state index in [2.05, 4.69) is 10.6 Å². The van der Waals surface area contributed by atoms with Crippen molar-refractivity contribution in [2.24, 2.45) is 0 Å². The first-order valence-electron chi connectivity index (χ1n) is 7.13. The Hall–Kier alpha value is -3.20. The molecule has 0 aliphatic heterocycles. The van der Waals surface area contributed by atoms with E-state index in [1.165, 1.54) is 30.5 Å². The molecule has 9 heteroatoms. The Kier molecular flexibility index (Phi) is 6.24. The third kappa shape index (κ3) is 5.43. The molecule has 2 aromatic rings. The van der Waals surface area contributed by atoms with Crippen molar-refractivity contribution in [1.82, 2.24) is 10.6 Å². The summed E-state index contributed by atoms with van der Waals surface area (Å²) in [6, 6.07) is 8.81. The lowest BCUT2D eigenvalue weighted by Crippen LogP contribution is -2.39. The van der Waals surface area contributed by atoms with Gasteiger partial charge in [-0.15, -0.1) is 11.3 Å². The van der Waals surface area contributed by atoms with E-state index in [9.17, 15) is 19.2 Å². The largest absolute Gasteiger partial charge is 0.452 e. The van der Waals surface area contributed by atoms with E-state index >= 15 is 0 Å². The third-order valence-electron chi connectivity index (χ3n) is 2.94. The van der Waals surface area contributed by atoms with Crippen LogP contribution in [0.15, 0.2) is 41.8 Å². The number of urea groups is 1. The van der Waals surface area contributed by atoms with Crippen LogP contribution in [0.1, 0.15) is 20.0 Å². The summed E-state index contributed by atoms with van der Waals surface area (Å²) in [5, 5.41) is 8.67. The first-order valence-corrected chi connectivity index (χ1v) is 8.01. The standard InChI is InChI=1S/C16H15N3O5S/c1-17-16(23)19-13(20)9-24-15(22)10-4-6-11(7-5-10)18-14(21)12-3-2-8-25-12/h2-8H,9H2,1H3,(H,18,21)(H2,17,19,20,23). The van der Waals surface area contributed by atoms with Crippen LogP contribution in [0.5, 0.6) is 0 Å². The van der Waals surface area contributed by atoms with Gasteiger partial charge in [0.2, 0.25) is 0 Å². The second-order valence-corrected chi connectivity index (χ2v) is 5.66. The summed E-state index contributed by atoms with van der Waals surface area (Å²) in [6.45, 7) is -0.580. The van der Waals surface area contributed by atoms with E-state index in [1.54, 1.807) is 29.6 Å². The van der Waals surface area contributed by atoms with Gasteiger partial charge in [0.1, 0.15) is 0 Å². The zero-order valence-corrected chi connectivity index (χ0v) is 14.0. The van der Waals surface area contributed by atoms with Crippen LogP contribution in [-0.4, -0.2) is 37.5 Å². The molecule has 0 aliphatic rings. The van der Waals surface area contributed by atoms with Gasteiger partial charge in [0.05, 0.1) is 10.4 Å². The Labute approximate surface area is 147 Å². The molecular weight excluding hydrogens is 346 g/mol. The molecule has 25 heavy (non-hydrogen) atoms. The highest BCUT2D eigenvalue weighted by atomic mass is 32.1. The van der Waals surface area contributed by atoms with Gasteiger partial charge in [-0.1, -0.05) is 6.07 Å². The Balaban J connectivity index is 1.86. The van der Waals surface area contributed by atoms with Crippen LogP contribution in [-0.2, 0) is 9.53 Å². The van der Waals surface area contributed by atoms with Gasteiger partial charge < -0.3 is 15.4 Å². The molecule has 0 radical (unpaired) electrons. The number of esters is 1. The van der Waals surface area contributed by atoms with Crippen LogP contribution in [0.2, 0.25) is 0 Å². The van der Waals surface area contributed by atoms with Gasteiger partial charge in [0.15, 0.2) is 6.61 Å². The average Bonchev–Trinajstić information content (AvgIpc) is 3.15. The molecule has 130 valence electrons. The Bertz CT molecular complexity index is 772. The lowest BCUT2D eigenvalue weighted by atomic mass is 10.2. The van der Waals surface area contributed by atoms with E-state index < -0.39 is 24.5 Å². The summed E-state index contributed by atoms with van der Waals surface area (Å²) in [6.07, 6.45) is 0. The van der Waals surface area contributed by atoms with Crippen LogP contribution in [0, 0.1) is 0 Å². The maximum Gasteiger partial charge on any atom is 0.338 e. The van der Waals surface area contributed by atoms with Crippen LogP contribution < -0.4 is 16.0 Å². The molecule has 0 fully saturated rings. The van der Waals surface area contributed by atoms with Crippen LogP contribution in [0.3, 0.4) is 0 Å². The van der Waals surface area contributed by atoms with Gasteiger partial charge in [-0.3, -0.25) is 14.9 Å². The van der Waals surface area contributed by atoms with Gasteiger partial charge in [-0.25, -0.2) is 9.59 Å². The number of anilines is 1. The monoisotopic (exact) mass is 361 g/mol. The normalized spacial score (nSPS) is 9.80. The lowest BCUT2D eigenvalue weighted by molar-refractivity contribution is -0.123. The fourth-order valence-electron chi connectivity index (χ4n) is 1.73. The van der Waals surface area contributed by atoms with Crippen LogP contribution >= 0.6 is 11.3 Å². The molecule has 0 unspecified atom stereocenters. The minimum atomic E-state index is -0.743. The van der Waals surface area contributed by atoms with Crippen molar-refractivity contribution < 1.29 is 23.9 Å². The minimum absolute atomic E-state index is 0.210. The first kappa shape index (κ1) is 18.1. The highest BCUT2D eigenvalue weighted by Gasteiger charge is 2.12. The summed E-state index contributed by atoms with van der Waals surface area (Å²) in [5.74, 6) is -1.70. The second kappa shape index (κ2) is 8.60. The topological polar surface area (TPSA) is 114 Å². The number of benzene rings is 1. The van der Waals surface area contributed by atoms with Crippen molar-refractivity contribution in [3.63, 3.8) is 0 Å². The van der Waals surface area contributed by atoms with Gasteiger partial charge in [0.25, 0.3) is 11.8 Å². The molecule has 0 bridgehead atoms. The number of nitrogens with one attached hydrogen (secondary N) is 3. The van der Waals surface area contributed by atoms with Gasteiger partial charge >= 0.3 is 12.0 Å². The van der Waals surface area contributed by atoms with Gasteiger partial charge in [0, 0.05) is 12.7 Å². The Morgan fingerprint density at radius 1 is 1.08 bits per heavy atom. The number of hydrogen-bond acceptors (Lipinski definition) is 6. The molecule has 0 saturated heterocycles. The van der Waals surface area contributed by atoms with Crippen LogP contribution in [0.25, 0.3) is 0 Å². The number of rotatable bonds is 5. The second-order valence-electron chi connectivity index (χ2n) is 4.71. The zero-order valence-electron chi connectivity index (χ0n) is 13.2. The van der Waals surface area contributed by atoms with Gasteiger partial charge in [-0.2, -0.15) is 0 Å². The molecule has 4 amide bonds. The molecule has 8 nitrogen and oxygen atoms in total. The average molecular weight is 361 g/mol. The smallest absolute Gasteiger partial charge is 0.338 e. The molecule has 0 spiro atoms. The van der Waals surface area contributed by atoms with Crippen molar-refractivity contribution in [3.8, 4) is 0 Å². The quantitative estimate of drug-likeness (QED) is 0.700. The SMILES string of the molecule is CNC(=O)NC(=O)COC(=O)c1ccc(NC(=O)c2cccs2)cc1. The van der Waals surface area contributed by atoms with Crippen molar-refractivity contribution in [2.75, 3.05) is 19.0 Å². The molecule has 1 heterocycles. The Morgan fingerprint density at radius 2 is 1.80 bits per heavy atom. The van der Waals surface area contributed by atoms with E-state index in [-0.39, 0.29) is 11.5 Å². The fourth-order valence-corrected chi connectivity index (χ4v) is 2.35. The van der Waals surface area contributed by atoms with E-state index in [1.807, 2.05) is 5.32 Å². The maximum absolute atomic E-state index is 11.9. The fraction of sp³-hybridized carbons (Fsp3) is 0.125. The van der Waals surface area contributed by atoms with E-state index in [0.717, 1.165) is 0 Å². The van der Waals surface area contributed by atoms with Crippen molar-refractivity contribution in [2.45, 2.75) is 0 Å². The number of hydrogen-bond donors (Lipinski definition) is 3. The van der Waals surface area contributed by atoms with Gasteiger partial charge in [-0.05, 0) is 35.7 Å². The van der Waals surface area contributed by atoms with Crippen molar-refractivity contribution in [1.29, 1.82) is 0 Å².